The monoisotopic (exact) mass is 225 g/mol. The highest BCUT2D eigenvalue weighted by Crippen LogP contribution is 2.20. The van der Waals surface area contributed by atoms with Crippen molar-refractivity contribution in [1.82, 2.24) is 15.5 Å². The van der Waals surface area contributed by atoms with Crippen LogP contribution in [0.4, 0.5) is 0 Å². The predicted molar refractivity (Wildman–Crippen MR) is 58.8 cm³/mol. The second kappa shape index (κ2) is 5.96. The Hall–Kier alpha value is -0.940. The lowest BCUT2D eigenvalue weighted by atomic mass is 10.1. The van der Waals surface area contributed by atoms with E-state index < -0.39 is 0 Å². The zero-order chi connectivity index (χ0) is 11.2. The van der Waals surface area contributed by atoms with Gasteiger partial charge in [-0.3, -0.25) is 0 Å². The molecule has 90 valence electrons. The van der Waals surface area contributed by atoms with E-state index in [9.17, 15) is 0 Å². The van der Waals surface area contributed by atoms with Crippen LogP contribution in [0.2, 0.25) is 0 Å². The van der Waals surface area contributed by atoms with Gasteiger partial charge in [-0.15, -0.1) is 0 Å². The first-order valence-electron chi connectivity index (χ1n) is 6.03. The molecule has 1 unspecified atom stereocenters. The second-order valence-corrected chi connectivity index (χ2v) is 4.04. The van der Waals surface area contributed by atoms with Gasteiger partial charge in [-0.25, -0.2) is 0 Å². The molecule has 1 aromatic heterocycles. The van der Waals surface area contributed by atoms with Crippen molar-refractivity contribution >= 4 is 0 Å². The van der Waals surface area contributed by atoms with E-state index in [0.717, 1.165) is 18.8 Å². The second-order valence-electron chi connectivity index (χ2n) is 4.04. The number of nitrogens with zero attached hydrogens (tertiary/aromatic N) is 2. The molecule has 1 saturated heterocycles. The van der Waals surface area contributed by atoms with Crippen molar-refractivity contribution in [2.45, 2.75) is 45.3 Å². The lowest BCUT2D eigenvalue weighted by Crippen LogP contribution is -2.21. The zero-order valence-electron chi connectivity index (χ0n) is 9.74. The molecule has 1 N–H and O–H groups in total. The van der Waals surface area contributed by atoms with E-state index in [1.807, 2.05) is 6.92 Å². The molecule has 16 heavy (non-hydrogen) atoms. The van der Waals surface area contributed by atoms with Gasteiger partial charge in [0.05, 0.1) is 6.04 Å². The van der Waals surface area contributed by atoms with Crippen LogP contribution < -0.4 is 5.32 Å². The molecule has 0 saturated carbocycles. The summed E-state index contributed by atoms with van der Waals surface area (Å²) in [5, 5.41) is 7.45. The molecule has 0 aromatic carbocycles. The third-order valence-electron chi connectivity index (χ3n) is 2.79. The summed E-state index contributed by atoms with van der Waals surface area (Å²) in [6, 6.07) is 0.252. The van der Waals surface area contributed by atoms with Crippen LogP contribution in [-0.2, 0) is 11.3 Å². The Balaban J connectivity index is 1.94. The summed E-state index contributed by atoms with van der Waals surface area (Å²) in [6.45, 7) is 4.07. The van der Waals surface area contributed by atoms with Crippen molar-refractivity contribution in [2.24, 2.45) is 0 Å². The van der Waals surface area contributed by atoms with E-state index >= 15 is 0 Å². The zero-order valence-corrected chi connectivity index (χ0v) is 9.74. The third kappa shape index (κ3) is 3.02. The molecule has 1 aliphatic rings. The number of ether oxygens (including phenoxy) is 1. The molecule has 2 rings (SSSR count). The Morgan fingerprint density at radius 2 is 2.38 bits per heavy atom. The summed E-state index contributed by atoms with van der Waals surface area (Å²) in [5.41, 5.74) is 0. The predicted octanol–water partition coefficient (Wildman–Crippen LogP) is 1.81. The fraction of sp³-hybridized carbons (Fsp3) is 0.818. The summed E-state index contributed by atoms with van der Waals surface area (Å²) >= 11 is 0. The quantitative estimate of drug-likeness (QED) is 0.846. The molecule has 5 heteroatoms. The van der Waals surface area contributed by atoms with Crippen molar-refractivity contribution in [2.75, 3.05) is 13.2 Å². The molecule has 0 spiro atoms. The molecule has 1 aliphatic heterocycles. The van der Waals surface area contributed by atoms with E-state index in [2.05, 4.69) is 15.5 Å². The number of hydrogen-bond acceptors (Lipinski definition) is 5. The lowest BCUT2D eigenvalue weighted by Gasteiger charge is -2.09. The van der Waals surface area contributed by atoms with E-state index in [4.69, 9.17) is 9.26 Å². The van der Waals surface area contributed by atoms with Crippen LogP contribution in [0.25, 0.3) is 0 Å². The van der Waals surface area contributed by atoms with Crippen LogP contribution in [0.5, 0.6) is 0 Å². The maximum absolute atomic E-state index is 5.23. The molecule has 0 amide bonds. The summed E-state index contributed by atoms with van der Waals surface area (Å²) in [6.07, 6.45) is 4.84. The highest BCUT2D eigenvalue weighted by molar-refractivity contribution is 4.94. The van der Waals surface area contributed by atoms with Gasteiger partial charge in [0, 0.05) is 6.61 Å². The normalized spacial score (nSPS) is 21.9. The van der Waals surface area contributed by atoms with Crippen molar-refractivity contribution < 1.29 is 9.26 Å². The van der Waals surface area contributed by atoms with Crippen molar-refractivity contribution in [3.05, 3.63) is 11.7 Å². The van der Waals surface area contributed by atoms with Crippen LogP contribution >= 0.6 is 0 Å². The highest BCUT2D eigenvalue weighted by Gasteiger charge is 2.19. The van der Waals surface area contributed by atoms with Gasteiger partial charge in [-0.05, 0) is 26.3 Å². The Morgan fingerprint density at radius 3 is 3.25 bits per heavy atom. The van der Waals surface area contributed by atoms with Crippen LogP contribution in [0.15, 0.2) is 4.52 Å². The topological polar surface area (TPSA) is 60.2 Å². The van der Waals surface area contributed by atoms with Crippen molar-refractivity contribution in [1.29, 1.82) is 0 Å². The molecule has 0 radical (unpaired) electrons. The number of hydrogen-bond donors (Lipinski definition) is 1. The summed E-state index contributed by atoms with van der Waals surface area (Å²) in [7, 11) is 0. The average molecular weight is 225 g/mol. The highest BCUT2D eigenvalue weighted by atomic mass is 16.5. The molecule has 1 atom stereocenters. The molecule has 1 aromatic rings. The Kier molecular flexibility index (Phi) is 4.30. The van der Waals surface area contributed by atoms with Crippen LogP contribution in [0.1, 0.15) is 50.4 Å². The standard InChI is InChI=1S/C11H19N3O2/c1-2-15-8-10-13-11(14-16-10)9-6-4-3-5-7-12-9/h9,12H,2-8H2,1H3. The van der Waals surface area contributed by atoms with Crippen LogP contribution in [0, 0.1) is 0 Å². The number of aromatic nitrogens is 2. The third-order valence-corrected chi connectivity index (χ3v) is 2.79. The van der Waals surface area contributed by atoms with Crippen LogP contribution in [0.3, 0.4) is 0 Å². The first kappa shape index (κ1) is 11.5. The van der Waals surface area contributed by atoms with Gasteiger partial charge in [-0.1, -0.05) is 18.0 Å². The van der Waals surface area contributed by atoms with Gasteiger partial charge in [0.15, 0.2) is 5.82 Å². The number of rotatable bonds is 4. The lowest BCUT2D eigenvalue weighted by molar-refractivity contribution is 0.109. The average Bonchev–Trinajstić information content (AvgIpc) is 2.60. The van der Waals surface area contributed by atoms with E-state index in [1.165, 1.54) is 19.3 Å². The molecule has 5 nitrogen and oxygen atoms in total. The minimum Gasteiger partial charge on any atom is -0.372 e. The largest absolute Gasteiger partial charge is 0.372 e. The maximum Gasteiger partial charge on any atom is 0.252 e. The van der Waals surface area contributed by atoms with Gasteiger partial charge in [0.25, 0.3) is 5.89 Å². The summed E-state index contributed by atoms with van der Waals surface area (Å²) in [5.74, 6) is 1.35. The molecule has 0 bridgehead atoms. The molecular formula is C11H19N3O2. The minimum atomic E-state index is 0.252. The fourth-order valence-corrected chi connectivity index (χ4v) is 1.91. The SMILES string of the molecule is CCOCc1nc(C2CCCCCN2)no1. The van der Waals surface area contributed by atoms with Gasteiger partial charge in [0.2, 0.25) is 0 Å². The van der Waals surface area contributed by atoms with Gasteiger partial charge < -0.3 is 14.6 Å². The first-order chi connectivity index (χ1) is 7.90. The Bertz CT molecular complexity index is 306. The van der Waals surface area contributed by atoms with Crippen molar-refractivity contribution in [3.63, 3.8) is 0 Å². The van der Waals surface area contributed by atoms with Gasteiger partial charge in [0.1, 0.15) is 6.61 Å². The van der Waals surface area contributed by atoms with Gasteiger partial charge >= 0.3 is 0 Å². The van der Waals surface area contributed by atoms with Crippen molar-refractivity contribution in [3.8, 4) is 0 Å². The van der Waals surface area contributed by atoms with E-state index in [-0.39, 0.29) is 6.04 Å². The molecule has 1 fully saturated rings. The fourth-order valence-electron chi connectivity index (χ4n) is 1.91. The van der Waals surface area contributed by atoms with Crippen LogP contribution in [-0.4, -0.2) is 23.3 Å². The Morgan fingerprint density at radius 1 is 1.44 bits per heavy atom. The first-order valence-corrected chi connectivity index (χ1v) is 6.03. The molecule has 2 heterocycles. The van der Waals surface area contributed by atoms with E-state index in [1.54, 1.807) is 0 Å². The Labute approximate surface area is 95.6 Å². The molecular weight excluding hydrogens is 206 g/mol. The van der Waals surface area contributed by atoms with Gasteiger partial charge in [-0.2, -0.15) is 4.98 Å². The maximum atomic E-state index is 5.23. The summed E-state index contributed by atoms with van der Waals surface area (Å²) in [4.78, 5) is 4.35. The summed E-state index contributed by atoms with van der Waals surface area (Å²) < 4.78 is 10.4. The minimum absolute atomic E-state index is 0.252. The molecule has 0 aliphatic carbocycles. The van der Waals surface area contributed by atoms with E-state index in [0.29, 0.717) is 19.1 Å². The number of nitrogens with one attached hydrogen (secondary N) is 1. The smallest absolute Gasteiger partial charge is 0.252 e.